The van der Waals surface area contributed by atoms with Crippen molar-refractivity contribution >= 4 is 58.5 Å². The largest absolute Gasteiger partial charge is 0.456 e. The van der Waals surface area contributed by atoms with Gasteiger partial charge in [-0.05, 0) is 18.2 Å². The van der Waals surface area contributed by atoms with Crippen LogP contribution in [0.3, 0.4) is 0 Å². The molecule has 0 bridgehead atoms. The molecule has 1 amide bonds. The molecule has 9 heteroatoms. The molecule has 1 N–H and O–H groups in total. The summed E-state index contributed by atoms with van der Waals surface area (Å²) < 4.78 is 4.89. The third-order valence-corrected chi connectivity index (χ3v) is 6.30. The molecule has 0 saturated carbocycles. The molecule has 1 atom stereocenters. The second kappa shape index (κ2) is 8.32. The quantitative estimate of drug-likeness (QED) is 0.539. The maximum atomic E-state index is 12.7. The highest BCUT2D eigenvalue weighted by Crippen LogP contribution is 2.49. The van der Waals surface area contributed by atoms with Gasteiger partial charge < -0.3 is 15.0 Å². The number of hydrogen-bond acceptors (Lipinski definition) is 6. The summed E-state index contributed by atoms with van der Waals surface area (Å²) in [6, 6.07) is 10.6. The highest BCUT2D eigenvalue weighted by Gasteiger charge is 2.49. The van der Waals surface area contributed by atoms with E-state index in [2.05, 4.69) is 5.32 Å². The van der Waals surface area contributed by atoms with Crippen molar-refractivity contribution in [1.82, 2.24) is 4.90 Å². The number of ether oxygens (including phenoxy) is 1. The van der Waals surface area contributed by atoms with E-state index in [4.69, 9.17) is 32.9 Å². The molecule has 7 nitrogen and oxygen atoms in total. The smallest absolute Gasteiger partial charge is 0.303 e. The maximum Gasteiger partial charge on any atom is 0.303 e. The molecule has 0 radical (unpaired) electrons. The lowest BCUT2D eigenvalue weighted by atomic mass is 9.81. The summed E-state index contributed by atoms with van der Waals surface area (Å²) in [6.45, 7) is 1.56. The van der Waals surface area contributed by atoms with Crippen molar-refractivity contribution in [2.45, 2.75) is 18.9 Å². The van der Waals surface area contributed by atoms with Gasteiger partial charge in [-0.25, -0.2) is 0 Å². The Hall–Kier alpha value is -2.90. The fraction of sp³-hybridized carbons (Fsp3) is 0.273. The van der Waals surface area contributed by atoms with Crippen LogP contribution < -0.4 is 5.32 Å². The lowest BCUT2D eigenvalue weighted by molar-refractivity contribution is -0.150. The van der Waals surface area contributed by atoms with E-state index in [1.54, 1.807) is 29.2 Å². The van der Waals surface area contributed by atoms with E-state index in [1.165, 1.54) is 6.92 Å². The van der Waals surface area contributed by atoms with Crippen molar-refractivity contribution in [3.05, 3.63) is 57.6 Å². The summed E-state index contributed by atoms with van der Waals surface area (Å²) in [5.41, 5.74) is 2.31. The van der Waals surface area contributed by atoms with Gasteiger partial charge in [-0.1, -0.05) is 41.4 Å². The standard InChI is InChI=1S/C22H19Cl2N3O4/c1-13(29)31-11-19(30)27-9-8-18-22(12-27,26-17-5-3-2-4-14(17)10-28)15-6-7-16(23)20(24)21(15)25-18/h2-7,10,26H,8-9,11-12H2,1H3. The summed E-state index contributed by atoms with van der Waals surface area (Å²) in [5.74, 6) is -0.833. The molecule has 0 aromatic heterocycles. The molecule has 160 valence electrons. The second-order valence-electron chi connectivity index (χ2n) is 7.40. The van der Waals surface area contributed by atoms with Gasteiger partial charge in [-0.2, -0.15) is 0 Å². The number of amides is 1. The Kier molecular flexibility index (Phi) is 5.73. The van der Waals surface area contributed by atoms with Crippen LogP contribution in [0.4, 0.5) is 11.4 Å². The number of rotatable bonds is 5. The molecule has 2 aromatic carbocycles. The monoisotopic (exact) mass is 459 g/mol. The summed E-state index contributed by atoms with van der Waals surface area (Å²) in [7, 11) is 0. The number of esters is 1. The number of fused-ring (bicyclic) bond motifs is 3. The van der Waals surface area contributed by atoms with Gasteiger partial charge in [0.1, 0.15) is 5.54 Å². The third kappa shape index (κ3) is 3.79. The molecule has 0 aliphatic carbocycles. The van der Waals surface area contributed by atoms with Crippen molar-refractivity contribution in [1.29, 1.82) is 0 Å². The Bertz CT molecular complexity index is 1120. The number of para-hydroxylation sites is 1. The molecule has 2 aliphatic rings. The topological polar surface area (TPSA) is 88.1 Å². The zero-order chi connectivity index (χ0) is 22.2. The van der Waals surface area contributed by atoms with Crippen molar-refractivity contribution in [2.75, 3.05) is 25.0 Å². The Labute approximate surface area is 189 Å². The number of carbonyl (C=O) groups is 3. The van der Waals surface area contributed by atoms with Crippen molar-refractivity contribution in [2.24, 2.45) is 4.99 Å². The van der Waals surface area contributed by atoms with E-state index in [-0.39, 0.29) is 19.1 Å². The number of nitrogens with zero attached hydrogens (tertiary/aromatic N) is 2. The summed E-state index contributed by atoms with van der Waals surface area (Å²) >= 11 is 12.7. The van der Waals surface area contributed by atoms with Crippen LogP contribution >= 0.6 is 23.2 Å². The van der Waals surface area contributed by atoms with Crippen LogP contribution in [0.15, 0.2) is 41.4 Å². The lowest BCUT2D eigenvalue weighted by Gasteiger charge is -2.43. The van der Waals surface area contributed by atoms with Gasteiger partial charge >= 0.3 is 5.97 Å². The molecule has 2 heterocycles. The number of piperidine rings is 1. The van der Waals surface area contributed by atoms with Gasteiger partial charge in [0.25, 0.3) is 5.91 Å². The van der Waals surface area contributed by atoms with Gasteiger partial charge in [-0.3, -0.25) is 19.4 Å². The summed E-state index contributed by atoms with van der Waals surface area (Å²) in [4.78, 5) is 41.8. The Morgan fingerprint density at radius 3 is 2.77 bits per heavy atom. The number of nitrogens with one attached hydrogen (secondary N) is 1. The Morgan fingerprint density at radius 1 is 1.26 bits per heavy atom. The van der Waals surface area contributed by atoms with Crippen LogP contribution in [-0.4, -0.2) is 48.5 Å². The zero-order valence-electron chi connectivity index (χ0n) is 16.7. The summed E-state index contributed by atoms with van der Waals surface area (Å²) in [6.07, 6.45) is 1.25. The van der Waals surface area contributed by atoms with Crippen molar-refractivity contribution < 1.29 is 19.1 Å². The van der Waals surface area contributed by atoms with E-state index < -0.39 is 11.5 Å². The SMILES string of the molecule is CC(=O)OCC(=O)N1CCC2=Nc3c(ccc(Cl)c3Cl)C2(Nc2ccccc2C=O)C1. The van der Waals surface area contributed by atoms with Crippen LogP contribution in [-0.2, 0) is 19.9 Å². The van der Waals surface area contributed by atoms with E-state index in [0.717, 1.165) is 17.6 Å². The predicted octanol–water partition coefficient (Wildman–Crippen LogP) is 3.99. The first-order valence-corrected chi connectivity index (χ1v) is 10.4. The number of likely N-dealkylation sites (tertiary alicyclic amines) is 1. The Balaban J connectivity index is 1.78. The summed E-state index contributed by atoms with van der Waals surface area (Å²) in [5, 5.41) is 4.18. The molecule has 1 saturated heterocycles. The third-order valence-electron chi connectivity index (χ3n) is 5.50. The molecule has 1 unspecified atom stereocenters. The maximum absolute atomic E-state index is 12.7. The number of halogens is 2. The fourth-order valence-electron chi connectivity index (χ4n) is 4.02. The van der Waals surface area contributed by atoms with E-state index in [1.807, 2.05) is 12.1 Å². The predicted molar refractivity (Wildman–Crippen MR) is 119 cm³/mol. The van der Waals surface area contributed by atoms with Crippen LogP contribution in [0.25, 0.3) is 0 Å². The molecule has 4 rings (SSSR count). The van der Waals surface area contributed by atoms with Gasteiger partial charge in [-0.15, -0.1) is 0 Å². The molecule has 31 heavy (non-hydrogen) atoms. The normalized spacial score (nSPS) is 19.2. The number of aliphatic imine (C=N–C) groups is 1. The van der Waals surface area contributed by atoms with E-state index in [9.17, 15) is 14.4 Å². The number of benzene rings is 2. The lowest BCUT2D eigenvalue weighted by Crippen LogP contribution is -2.57. The average Bonchev–Trinajstić information content (AvgIpc) is 3.08. The van der Waals surface area contributed by atoms with Gasteiger partial charge in [0, 0.05) is 36.7 Å². The highest BCUT2D eigenvalue weighted by atomic mass is 35.5. The second-order valence-corrected chi connectivity index (χ2v) is 8.18. The molecular formula is C22H19Cl2N3O4. The van der Waals surface area contributed by atoms with Crippen LogP contribution in [0.5, 0.6) is 0 Å². The molecule has 1 fully saturated rings. The average molecular weight is 460 g/mol. The van der Waals surface area contributed by atoms with Crippen molar-refractivity contribution in [3.8, 4) is 0 Å². The Morgan fingerprint density at radius 2 is 2.03 bits per heavy atom. The van der Waals surface area contributed by atoms with Crippen molar-refractivity contribution in [3.63, 3.8) is 0 Å². The molecule has 2 aliphatic heterocycles. The number of anilines is 1. The number of carbonyl (C=O) groups excluding carboxylic acids is 3. The first kappa shape index (κ1) is 21.3. The van der Waals surface area contributed by atoms with Gasteiger partial charge in [0.2, 0.25) is 0 Å². The number of hydrogen-bond donors (Lipinski definition) is 1. The fourth-order valence-corrected chi connectivity index (χ4v) is 4.38. The van der Waals surface area contributed by atoms with E-state index >= 15 is 0 Å². The first-order chi connectivity index (χ1) is 14.9. The number of aldehydes is 1. The first-order valence-electron chi connectivity index (χ1n) is 9.66. The molecule has 0 spiro atoms. The van der Waals surface area contributed by atoms with Gasteiger partial charge in [0.05, 0.1) is 28.0 Å². The molecular weight excluding hydrogens is 441 g/mol. The van der Waals surface area contributed by atoms with Crippen LogP contribution in [0, 0.1) is 0 Å². The minimum atomic E-state index is -0.896. The van der Waals surface area contributed by atoms with E-state index in [0.29, 0.717) is 39.9 Å². The minimum absolute atomic E-state index is 0.226. The zero-order valence-corrected chi connectivity index (χ0v) is 18.2. The van der Waals surface area contributed by atoms with Crippen LogP contribution in [0.1, 0.15) is 29.3 Å². The van der Waals surface area contributed by atoms with Crippen LogP contribution in [0.2, 0.25) is 10.0 Å². The van der Waals surface area contributed by atoms with Gasteiger partial charge in [0.15, 0.2) is 12.9 Å². The minimum Gasteiger partial charge on any atom is -0.456 e. The highest BCUT2D eigenvalue weighted by molar-refractivity contribution is 6.44. The molecule has 2 aromatic rings.